The molecule has 0 spiro atoms. The summed E-state index contributed by atoms with van der Waals surface area (Å²) in [6.45, 7) is 2.68. The van der Waals surface area contributed by atoms with Gasteiger partial charge in [-0.15, -0.1) is 10.2 Å². The Hall–Kier alpha value is -3.06. The summed E-state index contributed by atoms with van der Waals surface area (Å²) in [5, 5.41) is 13.9. The maximum absolute atomic E-state index is 5.27. The molecule has 0 aliphatic rings. The highest BCUT2D eigenvalue weighted by Gasteiger charge is 2.15. The molecule has 4 rings (SSSR count). The summed E-state index contributed by atoms with van der Waals surface area (Å²) in [6.07, 6.45) is 0.901. The number of aromatic nitrogens is 4. The molecule has 29 heavy (non-hydrogen) atoms. The highest BCUT2D eigenvalue weighted by atomic mass is 32.2. The molecular formula is C22H22N4O2S. The second-order valence-corrected chi connectivity index (χ2v) is 7.58. The zero-order chi connectivity index (χ0) is 20.1. The highest BCUT2D eigenvalue weighted by molar-refractivity contribution is 7.98. The first-order valence-electron chi connectivity index (χ1n) is 9.39. The van der Waals surface area contributed by atoms with Crippen LogP contribution in [0.25, 0.3) is 11.4 Å². The lowest BCUT2D eigenvalue weighted by atomic mass is 10.1. The van der Waals surface area contributed by atoms with Gasteiger partial charge in [-0.1, -0.05) is 47.3 Å². The van der Waals surface area contributed by atoms with Crippen molar-refractivity contribution in [3.63, 3.8) is 0 Å². The lowest BCUT2D eigenvalue weighted by Gasteiger charge is -2.10. The molecule has 0 atom stereocenters. The van der Waals surface area contributed by atoms with E-state index in [-0.39, 0.29) is 0 Å². The molecule has 0 unspecified atom stereocenters. The Kier molecular flexibility index (Phi) is 5.95. The molecule has 0 aliphatic heterocycles. The number of hydrogen-bond acceptors (Lipinski definition) is 6. The molecule has 0 saturated heterocycles. The Labute approximate surface area is 173 Å². The Morgan fingerprint density at radius 3 is 2.52 bits per heavy atom. The minimum Gasteiger partial charge on any atom is -0.497 e. The van der Waals surface area contributed by atoms with Gasteiger partial charge in [0.05, 0.1) is 12.8 Å². The first-order valence-corrected chi connectivity index (χ1v) is 10.4. The number of benzene rings is 2. The molecule has 2 heterocycles. The summed E-state index contributed by atoms with van der Waals surface area (Å²) >= 11 is 1.61. The molecule has 2 aromatic carbocycles. The standard InChI is InChI=1S/C22H22N4O2S/c1-16-14-19(25-28-16)15-29-22-24-23-21(18-8-10-20(27-2)11-9-18)26(22)13-12-17-6-4-3-5-7-17/h3-11,14H,12-13,15H2,1-2H3. The molecule has 0 fully saturated rings. The average molecular weight is 407 g/mol. The fourth-order valence-electron chi connectivity index (χ4n) is 3.06. The average Bonchev–Trinajstić information content (AvgIpc) is 3.37. The predicted octanol–water partition coefficient (Wildman–Crippen LogP) is 4.79. The number of aryl methyl sites for hydroxylation is 2. The second-order valence-electron chi connectivity index (χ2n) is 6.64. The van der Waals surface area contributed by atoms with Crippen LogP contribution in [0.5, 0.6) is 5.75 Å². The van der Waals surface area contributed by atoms with E-state index >= 15 is 0 Å². The van der Waals surface area contributed by atoms with E-state index in [1.807, 2.05) is 43.3 Å². The van der Waals surface area contributed by atoms with Crippen molar-refractivity contribution in [2.45, 2.75) is 30.8 Å². The molecule has 0 radical (unpaired) electrons. The van der Waals surface area contributed by atoms with Crippen LogP contribution in [0.15, 0.2) is 70.3 Å². The number of thioether (sulfide) groups is 1. The topological polar surface area (TPSA) is 66.0 Å². The first kappa shape index (κ1) is 19.3. The van der Waals surface area contributed by atoms with Gasteiger partial charge >= 0.3 is 0 Å². The Balaban J connectivity index is 1.59. The smallest absolute Gasteiger partial charge is 0.191 e. The van der Waals surface area contributed by atoms with Crippen LogP contribution in [-0.4, -0.2) is 27.0 Å². The number of ether oxygens (including phenoxy) is 1. The van der Waals surface area contributed by atoms with E-state index in [2.05, 4.69) is 44.2 Å². The second kappa shape index (κ2) is 8.96. The zero-order valence-corrected chi connectivity index (χ0v) is 17.2. The van der Waals surface area contributed by atoms with Gasteiger partial charge < -0.3 is 13.8 Å². The van der Waals surface area contributed by atoms with E-state index in [0.29, 0.717) is 5.75 Å². The van der Waals surface area contributed by atoms with Gasteiger partial charge in [0.1, 0.15) is 11.5 Å². The first-order chi connectivity index (χ1) is 14.2. The van der Waals surface area contributed by atoms with E-state index in [1.54, 1.807) is 18.9 Å². The number of nitrogens with zero attached hydrogens (tertiary/aromatic N) is 4. The van der Waals surface area contributed by atoms with Gasteiger partial charge in [0, 0.05) is 23.9 Å². The third-order valence-corrected chi connectivity index (χ3v) is 5.56. The minimum absolute atomic E-state index is 0.684. The van der Waals surface area contributed by atoms with Crippen molar-refractivity contribution < 1.29 is 9.26 Å². The van der Waals surface area contributed by atoms with Crippen LogP contribution in [0.4, 0.5) is 0 Å². The molecule has 6 nitrogen and oxygen atoms in total. The quantitative estimate of drug-likeness (QED) is 0.392. The molecule has 0 bridgehead atoms. The summed E-state index contributed by atoms with van der Waals surface area (Å²) in [5.41, 5.74) is 3.19. The van der Waals surface area contributed by atoms with Gasteiger partial charge in [0.25, 0.3) is 0 Å². The molecule has 4 aromatic rings. The van der Waals surface area contributed by atoms with Crippen molar-refractivity contribution in [1.82, 2.24) is 19.9 Å². The third-order valence-electron chi connectivity index (χ3n) is 4.56. The molecular weight excluding hydrogens is 384 g/mol. The van der Waals surface area contributed by atoms with Crippen LogP contribution in [0.1, 0.15) is 17.0 Å². The number of rotatable bonds is 8. The lowest BCUT2D eigenvalue weighted by Crippen LogP contribution is -2.05. The van der Waals surface area contributed by atoms with Crippen LogP contribution in [0.3, 0.4) is 0 Å². The fraction of sp³-hybridized carbons (Fsp3) is 0.227. The monoisotopic (exact) mass is 406 g/mol. The zero-order valence-electron chi connectivity index (χ0n) is 16.4. The molecule has 148 valence electrons. The van der Waals surface area contributed by atoms with E-state index in [0.717, 1.165) is 46.7 Å². The lowest BCUT2D eigenvalue weighted by molar-refractivity contribution is 0.393. The Morgan fingerprint density at radius 1 is 1.03 bits per heavy atom. The maximum atomic E-state index is 5.27. The van der Waals surface area contributed by atoms with Crippen molar-refractivity contribution in [2.24, 2.45) is 0 Å². The summed E-state index contributed by atoms with van der Waals surface area (Å²) in [5.74, 6) is 3.16. The minimum atomic E-state index is 0.684. The predicted molar refractivity (Wildman–Crippen MR) is 113 cm³/mol. The molecule has 0 N–H and O–H groups in total. The van der Waals surface area contributed by atoms with Gasteiger partial charge in [-0.3, -0.25) is 0 Å². The maximum Gasteiger partial charge on any atom is 0.191 e. The van der Waals surface area contributed by atoms with Crippen molar-refractivity contribution in [2.75, 3.05) is 7.11 Å². The number of hydrogen-bond donors (Lipinski definition) is 0. The normalized spacial score (nSPS) is 11.0. The van der Waals surface area contributed by atoms with Crippen molar-refractivity contribution in [3.05, 3.63) is 77.7 Å². The van der Waals surface area contributed by atoms with Gasteiger partial charge in [-0.2, -0.15) is 0 Å². The van der Waals surface area contributed by atoms with Crippen LogP contribution in [0.2, 0.25) is 0 Å². The van der Waals surface area contributed by atoms with E-state index in [1.165, 1.54) is 5.56 Å². The van der Waals surface area contributed by atoms with Gasteiger partial charge in [0.2, 0.25) is 0 Å². The van der Waals surface area contributed by atoms with Crippen LogP contribution >= 0.6 is 11.8 Å². The van der Waals surface area contributed by atoms with Crippen LogP contribution in [-0.2, 0) is 18.7 Å². The van der Waals surface area contributed by atoms with Crippen LogP contribution in [0, 0.1) is 6.92 Å². The molecule has 2 aromatic heterocycles. The molecule has 0 amide bonds. The van der Waals surface area contributed by atoms with Gasteiger partial charge in [0.15, 0.2) is 11.0 Å². The highest BCUT2D eigenvalue weighted by Crippen LogP contribution is 2.28. The van der Waals surface area contributed by atoms with Gasteiger partial charge in [-0.25, -0.2) is 0 Å². The van der Waals surface area contributed by atoms with Crippen molar-refractivity contribution >= 4 is 11.8 Å². The summed E-state index contributed by atoms with van der Waals surface area (Å²) in [6, 6.07) is 20.3. The summed E-state index contributed by atoms with van der Waals surface area (Å²) in [4.78, 5) is 0. The van der Waals surface area contributed by atoms with E-state index in [4.69, 9.17) is 9.26 Å². The fourth-order valence-corrected chi connectivity index (χ4v) is 3.91. The molecule has 0 saturated carbocycles. The van der Waals surface area contributed by atoms with E-state index < -0.39 is 0 Å². The molecule has 7 heteroatoms. The van der Waals surface area contributed by atoms with Crippen molar-refractivity contribution in [3.8, 4) is 17.1 Å². The largest absolute Gasteiger partial charge is 0.497 e. The SMILES string of the molecule is COc1ccc(-c2nnc(SCc3cc(C)on3)n2CCc2ccccc2)cc1. The van der Waals surface area contributed by atoms with Crippen LogP contribution < -0.4 is 4.74 Å². The Bertz CT molecular complexity index is 1060. The van der Waals surface area contributed by atoms with E-state index in [9.17, 15) is 0 Å². The molecule has 0 aliphatic carbocycles. The third kappa shape index (κ3) is 4.68. The van der Waals surface area contributed by atoms with Gasteiger partial charge in [-0.05, 0) is 43.2 Å². The summed E-state index contributed by atoms with van der Waals surface area (Å²) < 4.78 is 12.6. The van der Waals surface area contributed by atoms with Crippen molar-refractivity contribution in [1.29, 1.82) is 0 Å². The number of methoxy groups -OCH3 is 1. The summed E-state index contributed by atoms with van der Waals surface area (Å²) in [7, 11) is 1.66. The Morgan fingerprint density at radius 2 is 1.83 bits per heavy atom.